The van der Waals surface area contributed by atoms with E-state index >= 15 is 0 Å². The smallest absolute Gasteiger partial charge is 0.191 e. The normalized spacial score (nSPS) is 10.7. The van der Waals surface area contributed by atoms with Crippen LogP contribution in [0.1, 0.15) is 11.1 Å². The average molecular weight is 346 g/mol. The summed E-state index contributed by atoms with van der Waals surface area (Å²) >= 11 is 3.16. The lowest BCUT2D eigenvalue weighted by atomic mass is 10.2. The van der Waals surface area contributed by atoms with Crippen LogP contribution in [0.5, 0.6) is 5.75 Å². The fraction of sp³-hybridized carbons (Fsp3) is 0.143. The van der Waals surface area contributed by atoms with Gasteiger partial charge >= 0.3 is 0 Å². The van der Waals surface area contributed by atoms with Crippen LogP contribution in [-0.2, 0) is 13.2 Å². The average Bonchev–Trinajstić information content (AvgIpc) is 2.39. The number of nitrogens with two attached hydrogens (primary N) is 1. The lowest BCUT2D eigenvalue weighted by Crippen LogP contribution is -2.04. The third-order valence-electron chi connectivity index (χ3n) is 2.68. The van der Waals surface area contributed by atoms with Crippen LogP contribution in [-0.4, -0.2) is 0 Å². The third-order valence-corrected chi connectivity index (χ3v) is 3.42. The molecule has 0 bridgehead atoms. The predicted octanol–water partition coefficient (Wildman–Crippen LogP) is 3.90. The van der Waals surface area contributed by atoms with Crippen LogP contribution in [0.3, 0.4) is 0 Å². The van der Waals surface area contributed by atoms with Gasteiger partial charge in [0, 0.05) is 16.6 Å². The van der Waals surface area contributed by atoms with Crippen LogP contribution in [0.4, 0.5) is 13.2 Å². The molecule has 0 aliphatic heterocycles. The van der Waals surface area contributed by atoms with E-state index in [9.17, 15) is 13.2 Å². The van der Waals surface area contributed by atoms with Crippen LogP contribution in [0.15, 0.2) is 34.8 Å². The van der Waals surface area contributed by atoms with Gasteiger partial charge in [0.05, 0.1) is 0 Å². The summed E-state index contributed by atoms with van der Waals surface area (Å²) in [7, 11) is 0. The molecule has 0 spiro atoms. The summed E-state index contributed by atoms with van der Waals surface area (Å²) in [5.41, 5.74) is 6.24. The van der Waals surface area contributed by atoms with Gasteiger partial charge in [0.1, 0.15) is 12.4 Å². The number of benzene rings is 2. The highest BCUT2D eigenvalue weighted by Gasteiger charge is 2.13. The lowest BCUT2D eigenvalue weighted by molar-refractivity contribution is 0.273. The Morgan fingerprint density at radius 2 is 1.70 bits per heavy atom. The Kier molecular flexibility index (Phi) is 4.67. The van der Waals surface area contributed by atoms with Crippen LogP contribution in [0.2, 0.25) is 0 Å². The van der Waals surface area contributed by atoms with E-state index in [0.29, 0.717) is 15.6 Å². The van der Waals surface area contributed by atoms with E-state index in [-0.39, 0.29) is 13.2 Å². The van der Waals surface area contributed by atoms with Gasteiger partial charge in [-0.25, -0.2) is 13.2 Å². The number of rotatable bonds is 4. The van der Waals surface area contributed by atoms with Crippen molar-refractivity contribution in [3.05, 3.63) is 63.4 Å². The van der Waals surface area contributed by atoms with Gasteiger partial charge in [-0.15, -0.1) is 0 Å². The van der Waals surface area contributed by atoms with Crippen molar-refractivity contribution in [3.8, 4) is 5.75 Å². The van der Waals surface area contributed by atoms with Gasteiger partial charge in [-0.2, -0.15) is 0 Å². The topological polar surface area (TPSA) is 35.2 Å². The van der Waals surface area contributed by atoms with Gasteiger partial charge in [-0.3, -0.25) is 0 Å². The van der Waals surface area contributed by atoms with E-state index < -0.39 is 23.2 Å². The Balaban J connectivity index is 2.19. The Bertz CT molecular complexity index is 611. The van der Waals surface area contributed by atoms with Gasteiger partial charge in [0.15, 0.2) is 17.4 Å². The zero-order valence-electron chi connectivity index (χ0n) is 10.3. The predicted molar refractivity (Wildman–Crippen MR) is 72.7 cm³/mol. The van der Waals surface area contributed by atoms with Crippen molar-refractivity contribution in [2.75, 3.05) is 0 Å². The van der Waals surface area contributed by atoms with Crippen molar-refractivity contribution in [2.24, 2.45) is 5.73 Å². The number of hydrogen-bond donors (Lipinski definition) is 1. The van der Waals surface area contributed by atoms with Gasteiger partial charge < -0.3 is 10.5 Å². The Morgan fingerprint density at radius 3 is 2.25 bits per heavy atom. The molecule has 0 radical (unpaired) electrons. The summed E-state index contributed by atoms with van der Waals surface area (Å²) in [6.07, 6.45) is 0. The molecule has 0 unspecified atom stereocenters. The second-order valence-corrected chi connectivity index (χ2v) is 4.97. The summed E-state index contributed by atoms with van der Waals surface area (Å²) in [6, 6.07) is 6.22. The summed E-state index contributed by atoms with van der Waals surface area (Å²) < 4.78 is 45.9. The van der Waals surface area contributed by atoms with Crippen molar-refractivity contribution in [3.63, 3.8) is 0 Å². The van der Waals surface area contributed by atoms with Gasteiger partial charge in [0.25, 0.3) is 0 Å². The number of halogens is 4. The van der Waals surface area contributed by atoms with Crippen molar-refractivity contribution in [2.45, 2.75) is 13.2 Å². The van der Waals surface area contributed by atoms with Crippen molar-refractivity contribution >= 4 is 15.9 Å². The van der Waals surface area contributed by atoms with E-state index in [1.54, 1.807) is 0 Å². The highest BCUT2D eigenvalue weighted by atomic mass is 79.9. The van der Waals surface area contributed by atoms with Crippen LogP contribution < -0.4 is 10.5 Å². The van der Waals surface area contributed by atoms with E-state index in [1.807, 2.05) is 0 Å². The highest BCUT2D eigenvalue weighted by molar-refractivity contribution is 9.10. The third kappa shape index (κ3) is 3.32. The molecule has 0 saturated carbocycles. The van der Waals surface area contributed by atoms with Crippen LogP contribution in [0, 0.1) is 17.5 Å². The molecule has 0 aromatic heterocycles. The minimum absolute atomic E-state index is 0.0393. The van der Waals surface area contributed by atoms with E-state index in [2.05, 4.69) is 15.9 Å². The molecule has 6 heteroatoms. The quantitative estimate of drug-likeness (QED) is 0.911. The number of ether oxygens (including phenoxy) is 1. The van der Waals surface area contributed by atoms with Gasteiger partial charge in [-0.1, -0.05) is 22.0 Å². The second-order valence-electron chi connectivity index (χ2n) is 4.12. The molecule has 2 N–H and O–H groups in total. The van der Waals surface area contributed by atoms with Crippen molar-refractivity contribution in [1.82, 2.24) is 0 Å². The molecule has 0 aliphatic carbocycles. The highest BCUT2D eigenvalue weighted by Crippen LogP contribution is 2.26. The zero-order chi connectivity index (χ0) is 14.7. The second kappa shape index (κ2) is 6.28. The zero-order valence-corrected chi connectivity index (χ0v) is 11.9. The molecule has 2 aromatic carbocycles. The molecule has 2 aromatic rings. The molecule has 20 heavy (non-hydrogen) atoms. The first-order chi connectivity index (χ1) is 9.51. The summed E-state index contributed by atoms with van der Waals surface area (Å²) in [5.74, 6) is -2.52. The van der Waals surface area contributed by atoms with E-state index in [0.717, 1.165) is 12.1 Å². The maximum atomic E-state index is 13.7. The molecule has 0 heterocycles. The molecule has 0 amide bonds. The Morgan fingerprint density at radius 1 is 1.05 bits per heavy atom. The molecular formula is C14H11BrF3NO. The Hall–Kier alpha value is -1.53. The maximum absolute atomic E-state index is 13.7. The fourth-order valence-electron chi connectivity index (χ4n) is 1.66. The molecule has 2 rings (SSSR count). The molecule has 0 aliphatic rings. The largest absolute Gasteiger partial charge is 0.483 e. The fourth-order valence-corrected chi connectivity index (χ4v) is 2.12. The molecule has 0 saturated heterocycles. The van der Waals surface area contributed by atoms with Crippen molar-refractivity contribution < 1.29 is 17.9 Å². The molecular weight excluding hydrogens is 335 g/mol. The molecule has 0 atom stereocenters. The maximum Gasteiger partial charge on any atom is 0.191 e. The SMILES string of the molecule is NCc1cc(F)c(OCc2ccc(F)cc2Br)c(F)c1. The van der Waals surface area contributed by atoms with E-state index in [4.69, 9.17) is 10.5 Å². The summed E-state index contributed by atoms with van der Waals surface area (Å²) in [6.45, 7) is -0.0473. The van der Waals surface area contributed by atoms with Crippen molar-refractivity contribution in [1.29, 1.82) is 0 Å². The minimum Gasteiger partial charge on any atom is -0.483 e. The van der Waals surface area contributed by atoms with Gasteiger partial charge in [0.2, 0.25) is 0 Å². The molecule has 106 valence electrons. The minimum atomic E-state index is -0.816. The van der Waals surface area contributed by atoms with Crippen LogP contribution >= 0.6 is 15.9 Å². The Labute approximate surface area is 122 Å². The van der Waals surface area contributed by atoms with E-state index in [1.165, 1.54) is 18.2 Å². The first-order valence-corrected chi connectivity index (χ1v) is 6.55. The summed E-state index contributed by atoms with van der Waals surface area (Å²) in [4.78, 5) is 0. The van der Waals surface area contributed by atoms with Gasteiger partial charge in [-0.05, 0) is 29.8 Å². The first-order valence-electron chi connectivity index (χ1n) is 5.76. The first kappa shape index (κ1) is 14.9. The lowest BCUT2D eigenvalue weighted by Gasteiger charge is -2.11. The number of hydrogen-bond acceptors (Lipinski definition) is 2. The van der Waals surface area contributed by atoms with Crippen LogP contribution in [0.25, 0.3) is 0 Å². The monoisotopic (exact) mass is 345 g/mol. The standard InChI is InChI=1S/C14H11BrF3NO/c15-11-5-10(16)2-1-9(11)7-20-14-12(17)3-8(6-19)4-13(14)18/h1-5H,6-7,19H2. The summed E-state index contributed by atoms with van der Waals surface area (Å²) in [5, 5.41) is 0. The molecule has 2 nitrogen and oxygen atoms in total. The molecule has 0 fully saturated rings.